The van der Waals surface area contributed by atoms with Gasteiger partial charge in [0, 0.05) is 30.2 Å². The molecule has 0 spiro atoms. The zero-order valence-electron chi connectivity index (χ0n) is 22.3. The van der Waals surface area contributed by atoms with Crippen LogP contribution in [0.25, 0.3) is 39.5 Å². The van der Waals surface area contributed by atoms with Crippen LogP contribution in [0.15, 0.2) is 97.3 Å². The molecule has 0 aliphatic rings. The fourth-order valence-corrected chi connectivity index (χ4v) is 4.66. The Balaban J connectivity index is 1.29. The van der Waals surface area contributed by atoms with E-state index in [4.69, 9.17) is 15.7 Å². The minimum Gasteiger partial charge on any atom is -0.506 e. The van der Waals surface area contributed by atoms with Crippen LogP contribution >= 0.6 is 0 Å². The highest BCUT2D eigenvalue weighted by Gasteiger charge is 2.19. The van der Waals surface area contributed by atoms with Crippen LogP contribution in [-0.2, 0) is 17.8 Å². The summed E-state index contributed by atoms with van der Waals surface area (Å²) in [5.41, 5.74) is 12.3. The van der Waals surface area contributed by atoms with E-state index in [-0.39, 0.29) is 23.8 Å². The molecular formula is C32H25N7O3. The van der Waals surface area contributed by atoms with Crippen LogP contribution in [0.3, 0.4) is 0 Å². The molecule has 6 rings (SSSR count). The van der Waals surface area contributed by atoms with Crippen LogP contribution in [-0.4, -0.2) is 41.8 Å². The van der Waals surface area contributed by atoms with Crippen molar-refractivity contribution in [3.8, 4) is 34.1 Å². The fourth-order valence-electron chi connectivity index (χ4n) is 4.66. The maximum Gasteiger partial charge on any atom is 0.224 e. The number of fused-ring (bicyclic) bond motifs is 1. The Bertz CT molecular complexity index is 1920. The van der Waals surface area contributed by atoms with Gasteiger partial charge in [0.05, 0.1) is 17.7 Å². The van der Waals surface area contributed by atoms with Crippen LogP contribution in [0.4, 0.5) is 5.82 Å². The van der Waals surface area contributed by atoms with Crippen LogP contribution < -0.4 is 11.1 Å². The molecule has 4 N–H and O–H groups in total. The fraction of sp³-hybridized carbons (Fsp3) is 0.0625. The molecule has 42 heavy (non-hydrogen) atoms. The highest BCUT2D eigenvalue weighted by Crippen LogP contribution is 2.31. The van der Waals surface area contributed by atoms with Crippen molar-refractivity contribution in [1.82, 2.24) is 29.8 Å². The van der Waals surface area contributed by atoms with E-state index in [9.17, 15) is 14.7 Å². The lowest BCUT2D eigenvalue weighted by molar-refractivity contribution is -0.120. The minimum absolute atomic E-state index is 0.0180. The first kappa shape index (κ1) is 26.3. The second-order valence-corrected chi connectivity index (χ2v) is 9.60. The van der Waals surface area contributed by atoms with Crippen LogP contribution in [0.5, 0.6) is 5.75 Å². The quantitative estimate of drug-likeness (QED) is 0.232. The third-order valence-corrected chi connectivity index (χ3v) is 6.77. The summed E-state index contributed by atoms with van der Waals surface area (Å²) in [7, 11) is 0. The monoisotopic (exact) mass is 555 g/mol. The summed E-state index contributed by atoms with van der Waals surface area (Å²) < 4.78 is 1.96. The van der Waals surface area contributed by atoms with Crippen molar-refractivity contribution in [3.05, 3.63) is 114 Å². The average molecular weight is 556 g/mol. The molecule has 10 nitrogen and oxygen atoms in total. The molecule has 10 heteroatoms. The van der Waals surface area contributed by atoms with Crippen LogP contribution in [0, 0.1) is 0 Å². The predicted octanol–water partition coefficient (Wildman–Crippen LogP) is 4.50. The van der Waals surface area contributed by atoms with Crippen molar-refractivity contribution in [1.29, 1.82) is 0 Å². The van der Waals surface area contributed by atoms with Gasteiger partial charge < -0.3 is 16.2 Å². The smallest absolute Gasteiger partial charge is 0.224 e. The van der Waals surface area contributed by atoms with Gasteiger partial charge in [0.1, 0.15) is 22.8 Å². The minimum atomic E-state index is -0.254. The zero-order chi connectivity index (χ0) is 29.1. The first-order valence-electron chi connectivity index (χ1n) is 13.1. The third-order valence-electron chi connectivity index (χ3n) is 6.77. The summed E-state index contributed by atoms with van der Waals surface area (Å²) in [6, 6.07) is 26.6. The van der Waals surface area contributed by atoms with Gasteiger partial charge in [-0.2, -0.15) is 0 Å². The number of imidazole rings is 1. The standard InChI is InChI=1S/C32H25N7O3/c33-30-24(7-4-14-34-30)31-38-26-13-12-25(22-5-2-1-3-6-22)37-32(26)39(31)23-10-8-20(9-11-23)17-36-29(42)16-21-15-28(41)27(19-40)35-18-21/h1-15,18-19,41H,16-17H2,(H2,33,34)(H,36,42). The highest BCUT2D eigenvalue weighted by molar-refractivity contribution is 5.84. The number of nitrogen functional groups attached to an aromatic ring is 1. The molecule has 4 aromatic heterocycles. The van der Waals surface area contributed by atoms with E-state index in [0.717, 1.165) is 22.5 Å². The Kier molecular flexibility index (Phi) is 7.08. The summed E-state index contributed by atoms with van der Waals surface area (Å²) in [4.78, 5) is 41.3. The maximum absolute atomic E-state index is 12.5. The van der Waals surface area contributed by atoms with Crippen molar-refractivity contribution >= 4 is 29.2 Å². The van der Waals surface area contributed by atoms with Gasteiger partial charge in [-0.3, -0.25) is 14.2 Å². The molecule has 0 unspecified atom stereocenters. The zero-order valence-corrected chi connectivity index (χ0v) is 22.3. The number of nitrogens with zero attached hydrogens (tertiary/aromatic N) is 5. The number of rotatable bonds is 8. The van der Waals surface area contributed by atoms with E-state index in [0.29, 0.717) is 46.8 Å². The van der Waals surface area contributed by atoms with E-state index in [1.54, 1.807) is 6.20 Å². The number of nitrogens with two attached hydrogens (primary N) is 1. The van der Waals surface area contributed by atoms with E-state index in [1.165, 1.54) is 12.3 Å². The number of hydrogen-bond donors (Lipinski definition) is 3. The number of hydrogen-bond acceptors (Lipinski definition) is 8. The van der Waals surface area contributed by atoms with Crippen LogP contribution in [0.1, 0.15) is 21.6 Å². The Morgan fingerprint density at radius 2 is 1.74 bits per heavy atom. The number of aromatic nitrogens is 5. The first-order valence-corrected chi connectivity index (χ1v) is 13.1. The Hall–Kier alpha value is -5.90. The number of carbonyl (C=O) groups is 2. The van der Waals surface area contributed by atoms with Gasteiger partial charge >= 0.3 is 0 Å². The molecule has 0 atom stereocenters. The summed E-state index contributed by atoms with van der Waals surface area (Å²) in [5.74, 6) is 0.482. The largest absolute Gasteiger partial charge is 0.506 e. The second-order valence-electron chi connectivity index (χ2n) is 9.60. The third kappa shape index (κ3) is 5.28. The number of carbonyl (C=O) groups excluding carboxylic acids is 2. The molecule has 0 radical (unpaired) electrons. The number of anilines is 1. The molecule has 2 aromatic carbocycles. The number of benzene rings is 2. The molecule has 0 saturated carbocycles. The summed E-state index contributed by atoms with van der Waals surface area (Å²) >= 11 is 0. The van der Waals surface area contributed by atoms with E-state index in [1.807, 2.05) is 83.4 Å². The highest BCUT2D eigenvalue weighted by atomic mass is 16.3. The molecule has 0 fully saturated rings. The molecule has 1 amide bonds. The van der Waals surface area contributed by atoms with E-state index in [2.05, 4.69) is 15.3 Å². The molecule has 206 valence electrons. The van der Waals surface area contributed by atoms with Gasteiger partial charge in [-0.25, -0.2) is 19.9 Å². The molecular weight excluding hydrogens is 530 g/mol. The van der Waals surface area contributed by atoms with Crippen molar-refractivity contribution in [3.63, 3.8) is 0 Å². The number of aldehydes is 1. The summed E-state index contributed by atoms with van der Waals surface area (Å²) in [6.45, 7) is 0.300. The summed E-state index contributed by atoms with van der Waals surface area (Å²) in [5, 5.41) is 12.7. The first-order chi connectivity index (χ1) is 20.5. The number of amides is 1. The number of pyridine rings is 3. The predicted molar refractivity (Wildman–Crippen MR) is 159 cm³/mol. The van der Waals surface area contributed by atoms with Crippen LogP contribution in [0.2, 0.25) is 0 Å². The van der Waals surface area contributed by atoms with Gasteiger partial charge in [-0.1, -0.05) is 42.5 Å². The lowest BCUT2D eigenvalue weighted by Crippen LogP contribution is -2.24. The molecule has 0 aliphatic carbocycles. The van der Waals surface area contributed by atoms with Gasteiger partial charge in [-0.15, -0.1) is 0 Å². The second kappa shape index (κ2) is 11.3. The molecule has 6 aromatic rings. The maximum atomic E-state index is 12.5. The lowest BCUT2D eigenvalue weighted by atomic mass is 10.1. The van der Waals surface area contributed by atoms with Gasteiger partial charge in [0.25, 0.3) is 0 Å². The van der Waals surface area contributed by atoms with Crippen molar-refractivity contribution in [2.24, 2.45) is 0 Å². The Morgan fingerprint density at radius 3 is 2.48 bits per heavy atom. The van der Waals surface area contributed by atoms with Crippen molar-refractivity contribution in [2.45, 2.75) is 13.0 Å². The molecule has 0 bridgehead atoms. The van der Waals surface area contributed by atoms with Gasteiger partial charge in [-0.05, 0) is 53.6 Å². The number of nitrogens with one attached hydrogen (secondary N) is 1. The normalized spacial score (nSPS) is 11.0. The van der Waals surface area contributed by atoms with E-state index >= 15 is 0 Å². The van der Waals surface area contributed by atoms with E-state index < -0.39 is 0 Å². The molecule has 0 aliphatic heterocycles. The van der Waals surface area contributed by atoms with Crippen molar-refractivity contribution < 1.29 is 14.7 Å². The summed E-state index contributed by atoms with van der Waals surface area (Å²) in [6.07, 6.45) is 3.52. The van der Waals surface area contributed by atoms with Crippen molar-refractivity contribution in [2.75, 3.05) is 5.73 Å². The SMILES string of the molecule is Nc1ncccc1-c1nc2ccc(-c3ccccc3)nc2n1-c1ccc(CNC(=O)Cc2cnc(C=O)c(O)c2)cc1. The van der Waals surface area contributed by atoms with Gasteiger partial charge in [0.15, 0.2) is 17.8 Å². The molecule has 0 saturated heterocycles. The topological polar surface area (TPSA) is 149 Å². The Morgan fingerprint density at radius 1 is 0.929 bits per heavy atom. The van der Waals surface area contributed by atoms with Gasteiger partial charge in [0.2, 0.25) is 5.91 Å². The number of aromatic hydroxyl groups is 1. The lowest BCUT2D eigenvalue weighted by Gasteiger charge is -2.12. The molecule has 4 heterocycles. The Labute approximate surface area is 240 Å². The average Bonchev–Trinajstić information content (AvgIpc) is 3.39.